The summed E-state index contributed by atoms with van der Waals surface area (Å²) in [7, 11) is 0. The number of carbonyl (C=O) groups excluding carboxylic acids is 3. The lowest BCUT2D eigenvalue weighted by Gasteiger charge is -2.39. The molecule has 2 aromatic rings. The number of carboxylic acid groups (broad SMARTS) is 1. The maximum atomic E-state index is 14.1. The Morgan fingerprint density at radius 2 is 1.56 bits per heavy atom. The quantitative estimate of drug-likeness (QED) is 0.207. The number of aliphatic carboxylic acids is 1. The summed E-state index contributed by atoms with van der Waals surface area (Å²) in [6.07, 6.45) is -1.43. The van der Waals surface area contributed by atoms with Gasteiger partial charge in [-0.15, -0.1) is 0 Å². The number of Topliss-reactive ketones (excluding diaryl/α,β-unsaturated/α-hetero) is 1. The van der Waals surface area contributed by atoms with E-state index < -0.39 is 47.2 Å². The molecule has 0 aliphatic carbocycles. The van der Waals surface area contributed by atoms with Crippen molar-refractivity contribution in [2.24, 2.45) is 11.7 Å². The topological polar surface area (TPSA) is 168 Å². The first-order valence-electron chi connectivity index (χ1n) is 11.6. The Kier molecular flexibility index (Phi) is 10.1. The number of carboxylic acids is 1. The summed E-state index contributed by atoms with van der Waals surface area (Å²) in [5.74, 6) is -4.33. The third kappa shape index (κ3) is 7.37. The highest BCUT2D eigenvalue weighted by Gasteiger charge is 2.51. The van der Waals surface area contributed by atoms with Gasteiger partial charge in [-0.25, -0.2) is 10.3 Å². The number of hydrogen-bond acceptors (Lipinski definition) is 7. The predicted molar refractivity (Wildman–Crippen MR) is 131 cm³/mol. The third-order valence-corrected chi connectivity index (χ3v) is 6.04. The Bertz CT molecular complexity index is 1040. The molecule has 0 bridgehead atoms. The molecule has 10 heteroatoms. The van der Waals surface area contributed by atoms with E-state index in [0.717, 1.165) is 0 Å². The van der Waals surface area contributed by atoms with Crippen molar-refractivity contribution in [2.45, 2.75) is 57.2 Å². The summed E-state index contributed by atoms with van der Waals surface area (Å²) in [5.41, 5.74) is 5.08. The maximum absolute atomic E-state index is 14.1. The van der Waals surface area contributed by atoms with Crippen molar-refractivity contribution in [3.05, 3.63) is 71.8 Å². The molecule has 194 valence electrons. The van der Waals surface area contributed by atoms with Crippen molar-refractivity contribution in [3.63, 3.8) is 0 Å². The van der Waals surface area contributed by atoms with E-state index in [1.165, 1.54) is 12.4 Å². The van der Waals surface area contributed by atoms with Crippen LogP contribution in [0, 0.1) is 5.92 Å². The number of nitrogens with two attached hydrogens (primary N) is 1. The van der Waals surface area contributed by atoms with Gasteiger partial charge in [0.05, 0.1) is 6.42 Å². The molecular formula is C26H33N3O7. The Morgan fingerprint density at radius 3 is 2.06 bits per heavy atom. The fraction of sp³-hybridized carbons (Fsp3) is 0.385. The average Bonchev–Trinajstić information content (AvgIpc) is 2.85. The summed E-state index contributed by atoms with van der Waals surface area (Å²) in [4.78, 5) is 51.4. The lowest BCUT2D eigenvalue weighted by Crippen LogP contribution is -2.66. The second-order valence-corrected chi connectivity index (χ2v) is 8.93. The van der Waals surface area contributed by atoms with Gasteiger partial charge >= 0.3 is 12.1 Å². The molecular weight excluding hydrogens is 466 g/mol. The van der Waals surface area contributed by atoms with E-state index in [0.29, 0.717) is 17.5 Å². The molecule has 0 aliphatic rings. The standard InChI is InChI=1S/C26H33N3O7/c1-3-10-20(25(2,27)23(33)29-35)22(32)26(16-21(30)31,15-18-11-6-4-7-12-18)28-24(34)36-17-19-13-8-5-9-14-19/h4-9,11-14,20,35H,3,10,15-17,27H2,1-2H3,(H,28,34)(H,29,33)(H,30,31)/t20?,25?,26-/m0/s1. The molecule has 2 rings (SSSR count). The average molecular weight is 500 g/mol. The van der Waals surface area contributed by atoms with Gasteiger partial charge in [0, 0.05) is 12.3 Å². The van der Waals surface area contributed by atoms with Gasteiger partial charge in [0.2, 0.25) is 0 Å². The first kappa shape index (κ1) is 28.5. The molecule has 36 heavy (non-hydrogen) atoms. The van der Waals surface area contributed by atoms with E-state index in [4.69, 9.17) is 10.5 Å². The van der Waals surface area contributed by atoms with Gasteiger partial charge in [-0.2, -0.15) is 0 Å². The van der Waals surface area contributed by atoms with Gasteiger partial charge in [-0.3, -0.25) is 19.6 Å². The number of rotatable bonds is 13. The Hall–Kier alpha value is -3.76. The Morgan fingerprint density at radius 1 is 1.00 bits per heavy atom. The molecule has 3 atom stereocenters. The minimum absolute atomic E-state index is 0.102. The van der Waals surface area contributed by atoms with Crippen molar-refractivity contribution >= 4 is 23.8 Å². The number of hydrogen-bond donors (Lipinski definition) is 5. The normalized spacial score (nSPS) is 15.0. The van der Waals surface area contributed by atoms with Crippen LogP contribution in [0.1, 0.15) is 44.2 Å². The van der Waals surface area contributed by atoms with Gasteiger partial charge in [0.1, 0.15) is 17.7 Å². The number of hydroxylamine groups is 1. The van der Waals surface area contributed by atoms with Crippen LogP contribution in [0.25, 0.3) is 0 Å². The van der Waals surface area contributed by atoms with Crippen LogP contribution in [0.15, 0.2) is 60.7 Å². The Labute approximate surface area is 209 Å². The molecule has 0 aliphatic heterocycles. The second kappa shape index (κ2) is 12.8. The number of carbonyl (C=O) groups is 4. The molecule has 0 saturated heterocycles. The first-order chi connectivity index (χ1) is 17.1. The van der Waals surface area contributed by atoms with Gasteiger partial charge < -0.3 is 20.9 Å². The van der Waals surface area contributed by atoms with Crippen LogP contribution in [0.5, 0.6) is 0 Å². The van der Waals surface area contributed by atoms with E-state index in [2.05, 4.69) is 5.32 Å². The smallest absolute Gasteiger partial charge is 0.408 e. The zero-order chi connectivity index (χ0) is 26.8. The predicted octanol–water partition coefficient (Wildman–Crippen LogP) is 2.58. The zero-order valence-electron chi connectivity index (χ0n) is 20.4. The van der Waals surface area contributed by atoms with Crippen LogP contribution in [0.3, 0.4) is 0 Å². The lowest BCUT2D eigenvalue weighted by atomic mass is 9.70. The van der Waals surface area contributed by atoms with Crippen molar-refractivity contribution in [1.29, 1.82) is 0 Å². The highest BCUT2D eigenvalue weighted by Crippen LogP contribution is 2.31. The van der Waals surface area contributed by atoms with Crippen LogP contribution in [0.4, 0.5) is 4.79 Å². The molecule has 0 heterocycles. The van der Waals surface area contributed by atoms with Crippen LogP contribution in [-0.2, 0) is 32.1 Å². The maximum Gasteiger partial charge on any atom is 0.408 e. The van der Waals surface area contributed by atoms with Crippen molar-refractivity contribution in [3.8, 4) is 0 Å². The Balaban J connectivity index is 2.51. The molecule has 2 amide bonds. The molecule has 6 N–H and O–H groups in total. The number of benzene rings is 2. The molecule has 0 fully saturated rings. The summed E-state index contributed by atoms with van der Waals surface area (Å²) in [6, 6.07) is 17.4. The SMILES string of the molecule is CCCC(C(=O)[C@@](CC(=O)O)(Cc1ccccc1)NC(=O)OCc1ccccc1)C(C)(N)C(=O)NO. The van der Waals surface area contributed by atoms with Gasteiger partial charge in [-0.1, -0.05) is 74.0 Å². The minimum Gasteiger partial charge on any atom is -0.481 e. The zero-order valence-corrected chi connectivity index (χ0v) is 20.4. The number of ketones is 1. The van der Waals surface area contributed by atoms with Crippen LogP contribution < -0.4 is 16.5 Å². The molecule has 2 aromatic carbocycles. The highest BCUT2D eigenvalue weighted by molar-refractivity contribution is 6.01. The summed E-state index contributed by atoms with van der Waals surface area (Å²) in [6.45, 7) is 2.94. The van der Waals surface area contributed by atoms with E-state index in [-0.39, 0.29) is 19.4 Å². The second-order valence-electron chi connectivity index (χ2n) is 8.93. The fourth-order valence-electron chi connectivity index (χ4n) is 4.15. The monoisotopic (exact) mass is 499 g/mol. The number of ether oxygens (including phenoxy) is 1. The fourth-order valence-corrected chi connectivity index (χ4v) is 4.15. The molecule has 10 nitrogen and oxygen atoms in total. The van der Waals surface area contributed by atoms with E-state index in [1.807, 2.05) is 0 Å². The van der Waals surface area contributed by atoms with Crippen LogP contribution >= 0.6 is 0 Å². The van der Waals surface area contributed by atoms with Crippen molar-refractivity contribution < 1.29 is 34.2 Å². The van der Waals surface area contributed by atoms with Crippen molar-refractivity contribution in [1.82, 2.24) is 10.8 Å². The largest absolute Gasteiger partial charge is 0.481 e. The first-order valence-corrected chi connectivity index (χ1v) is 11.6. The van der Waals surface area contributed by atoms with Gasteiger partial charge in [0.25, 0.3) is 5.91 Å². The summed E-state index contributed by atoms with van der Waals surface area (Å²) < 4.78 is 5.30. The number of nitrogens with one attached hydrogen (secondary N) is 2. The van der Waals surface area contributed by atoms with E-state index >= 15 is 0 Å². The van der Waals surface area contributed by atoms with Crippen molar-refractivity contribution in [2.75, 3.05) is 0 Å². The summed E-state index contributed by atoms with van der Waals surface area (Å²) >= 11 is 0. The van der Waals surface area contributed by atoms with Crippen LogP contribution in [0.2, 0.25) is 0 Å². The van der Waals surface area contributed by atoms with E-state index in [1.54, 1.807) is 67.6 Å². The van der Waals surface area contributed by atoms with Gasteiger partial charge in [-0.05, 0) is 24.5 Å². The molecule has 0 radical (unpaired) electrons. The minimum atomic E-state index is -1.99. The van der Waals surface area contributed by atoms with Gasteiger partial charge in [0.15, 0.2) is 5.78 Å². The van der Waals surface area contributed by atoms with E-state index in [9.17, 15) is 29.5 Å². The lowest BCUT2D eigenvalue weighted by molar-refractivity contribution is -0.147. The molecule has 0 aromatic heterocycles. The molecule has 2 unspecified atom stereocenters. The summed E-state index contributed by atoms with van der Waals surface area (Å²) in [5, 5.41) is 21.5. The number of alkyl carbamates (subject to hydrolysis) is 1. The van der Waals surface area contributed by atoms with Crippen LogP contribution in [-0.4, -0.2) is 45.1 Å². The highest BCUT2D eigenvalue weighted by atomic mass is 16.5. The number of amides is 2. The third-order valence-electron chi connectivity index (χ3n) is 6.04. The molecule has 0 spiro atoms. The molecule has 0 saturated carbocycles.